The van der Waals surface area contributed by atoms with Crippen molar-refractivity contribution in [1.82, 2.24) is 24.7 Å². The lowest BCUT2D eigenvalue weighted by molar-refractivity contribution is 0.323. The lowest BCUT2D eigenvalue weighted by Crippen LogP contribution is -2.07. The van der Waals surface area contributed by atoms with E-state index in [1.54, 1.807) is 15.6 Å². The predicted molar refractivity (Wildman–Crippen MR) is 98.4 cm³/mol. The Labute approximate surface area is 152 Å². The zero-order valence-corrected chi connectivity index (χ0v) is 15.4. The van der Waals surface area contributed by atoms with Gasteiger partial charge in [0.1, 0.15) is 17.8 Å². The third-order valence-electron chi connectivity index (χ3n) is 3.63. The number of hydrogen-bond acceptors (Lipinski definition) is 6. The molecular weight excluding hydrogens is 332 g/mol. The van der Waals surface area contributed by atoms with E-state index in [4.69, 9.17) is 9.47 Å². The second-order valence-electron chi connectivity index (χ2n) is 5.62. The molecule has 0 spiro atoms. The third-order valence-corrected chi connectivity index (χ3v) is 3.63. The Hall–Kier alpha value is -3.16. The van der Waals surface area contributed by atoms with Crippen LogP contribution in [0.3, 0.4) is 0 Å². The Kier molecular flexibility index (Phi) is 5.31. The van der Waals surface area contributed by atoms with E-state index in [2.05, 4.69) is 20.4 Å². The van der Waals surface area contributed by atoms with Gasteiger partial charge in [-0.25, -0.2) is 4.68 Å². The molecule has 0 fully saturated rings. The first kappa shape index (κ1) is 17.7. The maximum absolute atomic E-state index is 5.70. The molecule has 2 heterocycles. The highest BCUT2D eigenvalue weighted by molar-refractivity contribution is 5.83. The summed E-state index contributed by atoms with van der Waals surface area (Å²) >= 11 is 0. The molecule has 0 atom stereocenters. The number of ether oxygens (including phenoxy) is 2. The number of nitrogens with zero attached hydrogens (tertiary/aromatic N) is 6. The molecule has 26 heavy (non-hydrogen) atoms. The summed E-state index contributed by atoms with van der Waals surface area (Å²) in [6.45, 7) is 8.94. The molecule has 0 aliphatic carbocycles. The number of aryl methyl sites for hydroxylation is 2. The Morgan fingerprint density at radius 2 is 1.92 bits per heavy atom. The first-order chi connectivity index (χ1) is 12.6. The van der Waals surface area contributed by atoms with E-state index in [1.807, 2.05) is 52.0 Å². The second kappa shape index (κ2) is 7.81. The van der Waals surface area contributed by atoms with Gasteiger partial charge in [0.25, 0.3) is 5.95 Å². The zero-order chi connectivity index (χ0) is 18.5. The maximum Gasteiger partial charge on any atom is 0.273 e. The molecule has 0 aliphatic heterocycles. The van der Waals surface area contributed by atoms with Crippen LogP contribution >= 0.6 is 0 Å². The number of aromatic nitrogens is 5. The Morgan fingerprint density at radius 1 is 1.12 bits per heavy atom. The van der Waals surface area contributed by atoms with Crippen molar-refractivity contribution >= 4 is 6.21 Å². The van der Waals surface area contributed by atoms with Crippen molar-refractivity contribution in [3.8, 4) is 17.4 Å². The molecular formula is C18H22N6O2. The fourth-order valence-electron chi connectivity index (χ4n) is 2.56. The Balaban J connectivity index is 1.91. The predicted octanol–water partition coefficient (Wildman–Crippen LogP) is 2.76. The molecule has 2 aromatic heterocycles. The smallest absolute Gasteiger partial charge is 0.273 e. The quantitative estimate of drug-likeness (QED) is 0.610. The van der Waals surface area contributed by atoms with E-state index in [0.717, 1.165) is 22.7 Å². The van der Waals surface area contributed by atoms with Gasteiger partial charge in [0.15, 0.2) is 0 Å². The molecule has 3 rings (SSSR count). The van der Waals surface area contributed by atoms with E-state index in [-0.39, 0.29) is 0 Å². The van der Waals surface area contributed by atoms with Gasteiger partial charge in [-0.05, 0) is 45.9 Å². The molecule has 0 bridgehead atoms. The second-order valence-corrected chi connectivity index (χ2v) is 5.62. The highest BCUT2D eigenvalue weighted by atomic mass is 16.5. The zero-order valence-electron chi connectivity index (χ0n) is 15.4. The molecule has 0 aliphatic rings. The molecule has 0 saturated carbocycles. The lowest BCUT2D eigenvalue weighted by atomic mass is 10.2. The maximum atomic E-state index is 5.70. The van der Waals surface area contributed by atoms with Crippen LogP contribution in [0.25, 0.3) is 5.95 Å². The van der Waals surface area contributed by atoms with Crippen LogP contribution < -0.4 is 9.47 Å². The highest BCUT2D eigenvalue weighted by Gasteiger charge is 2.11. The van der Waals surface area contributed by atoms with E-state index in [9.17, 15) is 0 Å². The summed E-state index contributed by atoms with van der Waals surface area (Å²) in [5.74, 6) is 2.00. The summed E-state index contributed by atoms with van der Waals surface area (Å²) in [4.78, 5) is 0. The van der Waals surface area contributed by atoms with Crippen molar-refractivity contribution in [2.24, 2.45) is 5.10 Å². The molecule has 0 amide bonds. The number of hydrogen-bond donors (Lipinski definition) is 0. The summed E-state index contributed by atoms with van der Waals surface area (Å²) < 4.78 is 14.5. The average Bonchev–Trinajstić information content (AvgIpc) is 3.20. The van der Waals surface area contributed by atoms with Gasteiger partial charge < -0.3 is 9.47 Å². The third kappa shape index (κ3) is 3.74. The fourth-order valence-corrected chi connectivity index (χ4v) is 2.56. The molecule has 8 nitrogen and oxygen atoms in total. The fraction of sp³-hybridized carbons (Fsp3) is 0.333. The minimum absolute atomic E-state index is 0.524. The first-order valence-electron chi connectivity index (χ1n) is 8.50. The molecule has 0 N–H and O–H groups in total. The van der Waals surface area contributed by atoms with Crippen molar-refractivity contribution in [3.63, 3.8) is 0 Å². The molecule has 1 aromatic carbocycles. The summed E-state index contributed by atoms with van der Waals surface area (Å²) in [5, 5.41) is 17.0. The molecule has 8 heteroatoms. The van der Waals surface area contributed by atoms with Gasteiger partial charge in [-0.1, -0.05) is 0 Å². The molecule has 0 unspecified atom stereocenters. The van der Waals surface area contributed by atoms with Gasteiger partial charge in [-0.2, -0.15) is 14.9 Å². The van der Waals surface area contributed by atoms with Crippen LogP contribution in [0.1, 0.15) is 30.8 Å². The SMILES string of the molecule is CCOc1ccc(/C=N/n2cnnc2-n2nc(C)cc2C)c(OCC)c1. The van der Waals surface area contributed by atoms with Crippen LogP contribution in [0.4, 0.5) is 0 Å². The van der Waals surface area contributed by atoms with Crippen LogP contribution in [-0.2, 0) is 0 Å². The molecule has 0 radical (unpaired) electrons. The highest BCUT2D eigenvalue weighted by Crippen LogP contribution is 2.24. The summed E-state index contributed by atoms with van der Waals surface area (Å²) in [6, 6.07) is 7.64. The van der Waals surface area contributed by atoms with Crippen molar-refractivity contribution in [2.45, 2.75) is 27.7 Å². The normalized spacial score (nSPS) is 11.2. The van der Waals surface area contributed by atoms with Gasteiger partial charge in [0.05, 0.1) is 25.1 Å². The van der Waals surface area contributed by atoms with Gasteiger partial charge in [-0.3, -0.25) is 0 Å². The van der Waals surface area contributed by atoms with Crippen LogP contribution in [0.5, 0.6) is 11.5 Å². The van der Waals surface area contributed by atoms with Crippen molar-refractivity contribution < 1.29 is 9.47 Å². The molecule has 0 saturated heterocycles. The Morgan fingerprint density at radius 3 is 2.62 bits per heavy atom. The van der Waals surface area contributed by atoms with E-state index in [0.29, 0.717) is 24.9 Å². The van der Waals surface area contributed by atoms with Gasteiger partial charge >= 0.3 is 0 Å². The van der Waals surface area contributed by atoms with Crippen molar-refractivity contribution in [2.75, 3.05) is 13.2 Å². The monoisotopic (exact) mass is 354 g/mol. The van der Waals surface area contributed by atoms with Gasteiger partial charge in [0.2, 0.25) is 0 Å². The largest absolute Gasteiger partial charge is 0.494 e. The van der Waals surface area contributed by atoms with Crippen LogP contribution in [0.2, 0.25) is 0 Å². The van der Waals surface area contributed by atoms with Crippen molar-refractivity contribution in [1.29, 1.82) is 0 Å². The summed E-state index contributed by atoms with van der Waals surface area (Å²) in [5.41, 5.74) is 2.71. The van der Waals surface area contributed by atoms with E-state index < -0.39 is 0 Å². The van der Waals surface area contributed by atoms with Gasteiger partial charge in [-0.15, -0.1) is 10.2 Å². The molecule has 136 valence electrons. The topological polar surface area (TPSA) is 79.4 Å². The van der Waals surface area contributed by atoms with E-state index in [1.165, 1.54) is 6.33 Å². The summed E-state index contributed by atoms with van der Waals surface area (Å²) in [7, 11) is 0. The van der Waals surface area contributed by atoms with Crippen LogP contribution in [0, 0.1) is 13.8 Å². The minimum atomic E-state index is 0.524. The Bertz CT molecular complexity index is 912. The average molecular weight is 354 g/mol. The van der Waals surface area contributed by atoms with Crippen LogP contribution in [-0.4, -0.2) is 44.1 Å². The van der Waals surface area contributed by atoms with Crippen molar-refractivity contribution in [3.05, 3.63) is 47.5 Å². The first-order valence-corrected chi connectivity index (χ1v) is 8.50. The molecule has 3 aromatic rings. The summed E-state index contributed by atoms with van der Waals surface area (Å²) in [6.07, 6.45) is 3.25. The lowest BCUT2D eigenvalue weighted by Gasteiger charge is -2.10. The number of benzene rings is 1. The van der Waals surface area contributed by atoms with E-state index >= 15 is 0 Å². The van der Waals surface area contributed by atoms with Gasteiger partial charge in [0, 0.05) is 17.3 Å². The minimum Gasteiger partial charge on any atom is -0.494 e. The standard InChI is InChI=1S/C18H22N6O2/c1-5-25-16-8-7-15(17(10-16)26-6-2)11-20-23-12-19-21-18(23)24-14(4)9-13(3)22-24/h7-12H,5-6H2,1-4H3/b20-11+. The number of rotatable bonds is 7. The van der Waals surface area contributed by atoms with Crippen LogP contribution in [0.15, 0.2) is 35.7 Å².